The minimum absolute atomic E-state index is 0.285. The summed E-state index contributed by atoms with van der Waals surface area (Å²) in [6.45, 7) is 0.319. The first kappa shape index (κ1) is 12.0. The number of methoxy groups -OCH3 is 1. The molecule has 0 spiro atoms. The third kappa shape index (κ3) is 3.02. The Morgan fingerprint density at radius 3 is 2.88 bits per heavy atom. The summed E-state index contributed by atoms with van der Waals surface area (Å²) in [6, 6.07) is 5.57. The number of carbonyl (C=O) groups excluding carboxylic acids is 1. The first-order valence-electron chi connectivity index (χ1n) is 5.28. The first-order valence-corrected chi connectivity index (χ1v) is 6.44. The van der Waals surface area contributed by atoms with Gasteiger partial charge in [-0.1, -0.05) is 6.07 Å². The molecule has 17 heavy (non-hydrogen) atoms. The molecular weight excluding hydrogens is 238 g/mol. The van der Waals surface area contributed by atoms with Crippen molar-refractivity contribution in [2.24, 2.45) is 4.99 Å². The Balaban J connectivity index is 2.12. The predicted octanol–water partition coefficient (Wildman–Crippen LogP) is 2.03. The van der Waals surface area contributed by atoms with Crippen LogP contribution in [0, 0.1) is 0 Å². The predicted molar refractivity (Wildman–Crippen MR) is 66.6 cm³/mol. The van der Waals surface area contributed by atoms with Crippen molar-refractivity contribution in [3.8, 4) is 11.5 Å². The monoisotopic (exact) mass is 251 g/mol. The molecule has 0 aromatic heterocycles. The molecule has 90 valence electrons. The van der Waals surface area contributed by atoms with E-state index in [0.717, 1.165) is 22.8 Å². The molecule has 0 atom stereocenters. The van der Waals surface area contributed by atoms with Crippen molar-refractivity contribution in [1.29, 1.82) is 0 Å². The van der Waals surface area contributed by atoms with Crippen molar-refractivity contribution in [3.63, 3.8) is 0 Å². The van der Waals surface area contributed by atoms with Gasteiger partial charge in [0.1, 0.15) is 6.10 Å². The average Bonchev–Trinajstić information content (AvgIpc) is 2.31. The minimum atomic E-state index is 0.285. The SMILES string of the molecule is COc1cc(CN=C=O)ccc1OC1CSC1. The van der Waals surface area contributed by atoms with Crippen molar-refractivity contribution in [3.05, 3.63) is 23.8 Å². The number of hydrogen-bond donors (Lipinski definition) is 0. The molecular formula is C12H13NO3S. The fourth-order valence-electron chi connectivity index (χ4n) is 1.49. The van der Waals surface area contributed by atoms with E-state index in [1.165, 1.54) is 6.08 Å². The topological polar surface area (TPSA) is 47.9 Å². The maximum atomic E-state index is 10.0. The quantitative estimate of drug-likeness (QED) is 0.593. The highest BCUT2D eigenvalue weighted by molar-refractivity contribution is 8.00. The molecule has 0 bridgehead atoms. The van der Waals surface area contributed by atoms with Crippen LogP contribution in [0.2, 0.25) is 0 Å². The molecule has 0 aliphatic carbocycles. The zero-order chi connectivity index (χ0) is 12.1. The number of nitrogens with zero attached hydrogens (tertiary/aromatic N) is 1. The van der Waals surface area contributed by atoms with Gasteiger partial charge >= 0.3 is 0 Å². The van der Waals surface area contributed by atoms with Crippen LogP contribution in [-0.2, 0) is 11.3 Å². The molecule has 0 amide bonds. The maximum absolute atomic E-state index is 10.0. The van der Waals surface area contributed by atoms with Crippen LogP contribution in [0.4, 0.5) is 0 Å². The van der Waals surface area contributed by atoms with Crippen LogP contribution in [0.3, 0.4) is 0 Å². The number of isocyanates is 1. The first-order chi connectivity index (χ1) is 8.33. The van der Waals surface area contributed by atoms with Crippen LogP contribution in [0.15, 0.2) is 23.2 Å². The van der Waals surface area contributed by atoms with Gasteiger partial charge in [-0.2, -0.15) is 11.8 Å². The summed E-state index contributed by atoms with van der Waals surface area (Å²) < 4.78 is 11.0. The summed E-state index contributed by atoms with van der Waals surface area (Å²) >= 11 is 1.87. The molecule has 0 unspecified atom stereocenters. The molecule has 1 aromatic rings. The number of ether oxygens (including phenoxy) is 2. The van der Waals surface area contributed by atoms with Crippen LogP contribution < -0.4 is 9.47 Å². The van der Waals surface area contributed by atoms with Gasteiger partial charge in [-0.05, 0) is 17.7 Å². The fourth-order valence-corrected chi connectivity index (χ4v) is 2.06. The molecule has 1 fully saturated rings. The molecule has 0 saturated carbocycles. The molecule has 2 rings (SSSR count). The van der Waals surface area contributed by atoms with Crippen molar-refractivity contribution >= 4 is 17.8 Å². The molecule has 4 nitrogen and oxygen atoms in total. The van der Waals surface area contributed by atoms with Gasteiger partial charge in [0.05, 0.1) is 13.7 Å². The van der Waals surface area contributed by atoms with Crippen molar-refractivity contribution < 1.29 is 14.3 Å². The molecule has 1 saturated heterocycles. The molecule has 1 heterocycles. The Morgan fingerprint density at radius 2 is 2.29 bits per heavy atom. The third-order valence-corrected chi connectivity index (χ3v) is 3.67. The minimum Gasteiger partial charge on any atom is -0.493 e. The zero-order valence-electron chi connectivity index (χ0n) is 9.51. The van der Waals surface area contributed by atoms with Gasteiger partial charge in [0.15, 0.2) is 11.5 Å². The van der Waals surface area contributed by atoms with E-state index in [1.54, 1.807) is 7.11 Å². The summed E-state index contributed by atoms with van der Waals surface area (Å²) in [4.78, 5) is 13.6. The highest BCUT2D eigenvalue weighted by Crippen LogP contribution is 2.32. The summed E-state index contributed by atoms with van der Waals surface area (Å²) in [7, 11) is 1.60. The molecule has 5 heteroatoms. The summed E-state index contributed by atoms with van der Waals surface area (Å²) in [5.41, 5.74) is 0.903. The van der Waals surface area contributed by atoms with E-state index < -0.39 is 0 Å². The molecule has 0 N–H and O–H groups in total. The molecule has 1 aliphatic rings. The van der Waals surface area contributed by atoms with Gasteiger partial charge in [0.25, 0.3) is 0 Å². The second-order valence-corrected chi connectivity index (χ2v) is 4.74. The zero-order valence-corrected chi connectivity index (χ0v) is 10.3. The summed E-state index contributed by atoms with van der Waals surface area (Å²) in [5, 5.41) is 0. The Labute approximate surface area is 104 Å². The number of aliphatic imine (C=N–C) groups is 1. The summed E-state index contributed by atoms with van der Waals surface area (Å²) in [5.74, 6) is 3.48. The van der Waals surface area contributed by atoms with E-state index in [1.807, 2.05) is 30.0 Å². The Bertz CT molecular complexity index is 439. The average molecular weight is 251 g/mol. The number of benzene rings is 1. The third-order valence-electron chi connectivity index (χ3n) is 2.46. The molecule has 1 aromatic carbocycles. The lowest BCUT2D eigenvalue weighted by Crippen LogP contribution is -2.31. The highest BCUT2D eigenvalue weighted by Gasteiger charge is 2.21. The second kappa shape index (κ2) is 5.75. The van der Waals surface area contributed by atoms with Gasteiger partial charge in [-0.25, -0.2) is 9.79 Å². The van der Waals surface area contributed by atoms with E-state index in [0.29, 0.717) is 12.3 Å². The van der Waals surface area contributed by atoms with Crippen molar-refractivity contribution in [2.45, 2.75) is 12.6 Å². The maximum Gasteiger partial charge on any atom is 0.235 e. The van der Waals surface area contributed by atoms with E-state index in [4.69, 9.17) is 9.47 Å². The van der Waals surface area contributed by atoms with E-state index in [2.05, 4.69) is 4.99 Å². The Kier molecular flexibility index (Phi) is 4.07. The van der Waals surface area contributed by atoms with Crippen LogP contribution >= 0.6 is 11.8 Å². The smallest absolute Gasteiger partial charge is 0.235 e. The largest absolute Gasteiger partial charge is 0.493 e. The van der Waals surface area contributed by atoms with Gasteiger partial charge in [0.2, 0.25) is 6.08 Å². The second-order valence-electron chi connectivity index (χ2n) is 3.67. The lowest BCUT2D eigenvalue weighted by molar-refractivity contribution is 0.228. The van der Waals surface area contributed by atoms with E-state index in [9.17, 15) is 4.79 Å². The lowest BCUT2D eigenvalue weighted by Gasteiger charge is -2.26. The van der Waals surface area contributed by atoms with Crippen LogP contribution in [-0.4, -0.2) is 30.8 Å². The number of hydrogen-bond acceptors (Lipinski definition) is 5. The number of thioether (sulfide) groups is 1. The fraction of sp³-hybridized carbons (Fsp3) is 0.417. The van der Waals surface area contributed by atoms with E-state index in [-0.39, 0.29) is 6.10 Å². The number of rotatable bonds is 5. The van der Waals surface area contributed by atoms with Crippen molar-refractivity contribution in [1.82, 2.24) is 0 Å². The van der Waals surface area contributed by atoms with Crippen LogP contribution in [0.5, 0.6) is 11.5 Å². The van der Waals surface area contributed by atoms with Crippen molar-refractivity contribution in [2.75, 3.05) is 18.6 Å². The lowest BCUT2D eigenvalue weighted by atomic mass is 10.2. The van der Waals surface area contributed by atoms with Crippen LogP contribution in [0.25, 0.3) is 0 Å². The van der Waals surface area contributed by atoms with Crippen LogP contribution in [0.1, 0.15) is 5.56 Å². The van der Waals surface area contributed by atoms with E-state index >= 15 is 0 Å². The Hall–Kier alpha value is -1.45. The van der Waals surface area contributed by atoms with Gasteiger partial charge in [0, 0.05) is 11.5 Å². The van der Waals surface area contributed by atoms with Gasteiger partial charge in [-0.3, -0.25) is 0 Å². The van der Waals surface area contributed by atoms with Gasteiger partial charge in [-0.15, -0.1) is 0 Å². The highest BCUT2D eigenvalue weighted by atomic mass is 32.2. The normalized spacial score (nSPS) is 14.6. The standard InChI is InChI=1S/C12H13NO3S/c1-15-12-4-9(5-13-8-14)2-3-11(12)16-10-6-17-7-10/h2-4,10H,5-7H2,1H3. The summed E-state index contributed by atoms with van der Waals surface area (Å²) in [6.07, 6.45) is 1.80. The molecule has 1 aliphatic heterocycles. The van der Waals surface area contributed by atoms with Gasteiger partial charge < -0.3 is 9.47 Å². The molecule has 0 radical (unpaired) electrons. The Morgan fingerprint density at radius 1 is 1.47 bits per heavy atom.